The molecule has 2 heterocycles. The van der Waals surface area contributed by atoms with Crippen LogP contribution in [0.2, 0.25) is 0 Å². The van der Waals surface area contributed by atoms with E-state index < -0.39 is 0 Å². The number of ether oxygens (including phenoxy) is 1. The lowest BCUT2D eigenvalue weighted by atomic mass is 10.1. The quantitative estimate of drug-likeness (QED) is 0.626. The Hall–Kier alpha value is -3.03. The Morgan fingerprint density at radius 3 is 2.67 bits per heavy atom. The maximum Gasteiger partial charge on any atom is 0.254 e. The minimum Gasteiger partial charge on any atom is -0.379 e. The summed E-state index contributed by atoms with van der Waals surface area (Å²) in [5.41, 5.74) is 3.83. The van der Waals surface area contributed by atoms with Crippen LogP contribution in [-0.4, -0.2) is 59.2 Å². The molecule has 0 spiro atoms. The summed E-state index contributed by atoms with van der Waals surface area (Å²) in [6.07, 6.45) is 0. The third kappa shape index (κ3) is 4.93. The third-order valence-electron chi connectivity index (χ3n) is 5.18. The van der Waals surface area contributed by atoms with Crippen molar-refractivity contribution >= 4 is 5.91 Å². The second-order valence-corrected chi connectivity index (χ2v) is 7.63. The molecular formula is C23H26N4O3. The normalized spacial score (nSPS) is 14.6. The Kier molecular flexibility index (Phi) is 6.21. The SMILES string of the molecule is Cc1ccc(-c2noc(CN(C)C(=O)c3cccc(CN4CCOCC4)c3)n2)cc1. The lowest BCUT2D eigenvalue weighted by Gasteiger charge is -2.26. The highest BCUT2D eigenvalue weighted by atomic mass is 16.5. The molecule has 0 bridgehead atoms. The molecular weight excluding hydrogens is 380 g/mol. The number of rotatable bonds is 6. The van der Waals surface area contributed by atoms with Crippen molar-refractivity contribution in [3.63, 3.8) is 0 Å². The van der Waals surface area contributed by atoms with Gasteiger partial charge in [0.05, 0.1) is 19.8 Å². The molecule has 1 aliphatic heterocycles. The van der Waals surface area contributed by atoms with E-state index in [9.17, 15) is 4.79 Å². The first-order valence-corrected chi connectivity index (χ1v) is 10.1. The van der Waals surface area contributed by atoms with Crippen LogP contribution in [0, 0.1) is 6.92 Å². The number of benzene rings is 2. The molecule has 7 heteroatoms. The van der Waals surface area contributed by atoms with Crippen LogP contribution < -0.4 is 0 Å². The first-order chi connectivity index (χ1) is 14.6. The summed E-state index contributed by atoms with van der Waals surface area (Å²) in [4.78, 5) is 21.3. The second kappa shape index (κ2) is 9.19. The highest BCUT2D eigenvalue weighted by Crippen LogP contribution is 2.18. The molecule has 4 rings (SSSR count). The number of amides is 1. The van der Waals surface area contributed by atoms with Crippen molar-refractivity contribution in [2.24, 2.45) is 0 Å². The Morgan fingerprint density at radius 1 is 1.13 bits per heavy atom. The van der Waals surface area contributed by atoms with E-state index in [4.69, 9.17) is 9.26 Å². The van der Waals surface area contributed by atoms with Crippen LogP contribution >= 0.6 is 0 Å². The first kappa shape index (κ1) is 20.3. The average Bonchev–Trinajstić information content (AvgIpc) is 3.23. The van der Waals surface area contributed by atoms with Gasteiger partial charge in [0.2, 0.25) is 11.7 Å². The van der Waals surface area contributed by atoms with Crippen LogP contribution in [0.1, 0.15) is 27.4 Å². The molecule has 7 nitrogen and oxygen atoms in total. The number of hydrogen-bond acceptors (Lipinski definition) is 6. The summed E-state index contributed by atoms with van der Waals surface area (Å²) < 4.78 is 10.8. The fraction of sp³-hybridized carbons (Fsp3) is 0.348. The first-order valence-electron chi connectivity index (χ1n) is 10.1. The number of carbonyl (C=O) groups excluding carboxylic acids is 1. The van der Waals surface area contributed by atoms with Gasteiger partial charge in [0.15, 0.2) is 0 Å². The fourth-order valence-corrected chi connectivity index (χ4v) is 3.45. The molecule has 1 amide bonds. The third-order valence-corrected chi connectivity index (χ3v) is 5.18. The van der Waals surface area contributed by atoms with Crippen LogP contribution in [0.3, 0.4) is 0 Å². The van der Waals surface area contributed by atoms with Gasteiger partial charge in [-0.15, -0.1) is 0 Å². The molecule has 156 valence electrons. The van der Waals surface area contributed by atoms with Crippen molar-refractivity contribution in [2.45, 2.75) is 20.0 Å². The molecule has 0 unspecified atom stereocenters. The van der Waals surface area contributed by atoms with Gasteiger partial charge in [0.1, 0.15) is 0 Å². The summed E-state index contributed by atoms with van der Waals surface area (Å²) in [6.45, 7) is 6.45. The molecule has 1 aliphatic rings. The minimum atomic E-state index is -0.0751. The molecule has 0 atom stereocenters. The molecule has 0 radical (unpaired) electrons. The average molecular weight is 406 g/mol. The Morgan fingerprint density at radius 2 is 1.90 bits per heavy atom. The van der Waals surface area contributed by atoms with Crippen LogP contribution in [0.4, 0.5) is 0 Å². The monoisotopic (exact) mass is 406 g/mol. The van der Waals surface area contributed by atoms with E-state index in [1.54, 1.807) is 11.9 Å². The van der Waals surface area contributed by atoms with Gasteiger partial charge < -0.3 is 14.2 Å². The summed E-state index contributed by atoms with van der Waals surface area (Å²) in [6, 6.07) is 15.7. The standard InChI is InChI=1S/C23H26N4O3/c1-17-6-8-19(9-7-17)22-24-21(30-25-22)16-26(2)23(28)20-5-3-4-18(14-20)15-27-10-12-29-13-11-27/h3-9,14H,10-13,15-16H2,1-2H3. The van der Waals surface area contributed by atoms with Crippen molar-refractivity contribution < 1.29 is 14.1 Å². The Labute approximate surface area is 176 Å². The second-order valence-electron chi connectivity index (χ2n) is 7.63. The van der Waals surface area contributed by atoms with Crippen molar-refractivity contribution in [3.05, 3.63) is 71.1 Å². The number of nitrogens with zero attached hydrogens (tertiary/aromatic N) is 4. The fourth-order valence-electron chi connectivity index (χ4n) is 3.45. The zero-order valence-electron chi connectivity index (χ0n) is 17.4. The molecule has 0 N–H and O–H groups in total. The van der Waals surface area contributed by atoms with E-state index in [2.05, 4.69) is 21.1 Å². The molecule has 30 heavy (non-hydrogen) atoms. The predicted octanol–water partition coefficient (Wildman–Crippen LogP) is 3.15. The van der Waals surface area contributed by atoms with Gasteiger partial charge in [-0.1, -0.05) is 47.1 Å². The van der Waals surface area contributed by atoms with E-state index in [1.165, 1.54) is 5.56 Å². The summed E-state index contributed by atoms with van der Waals surface area (Å²) in [5, 5.41) is 4.04. The van der Waals surface area contributed by atoms with E-state index >= 15 is 0 Å². The molecule has 0 aliphatic carbocycles. The van der Waals surface area contributed by atoms with E-state index in [1.807, 2.05) is 49.4 Å². The van der Waals surface area contributed by atoms with E-state index in [0.717, 1.165) is 44.0 Å². The number of morpholine rings is 1. The van der Waals surface area contributed by atoms with Crippen molar-refractivity contribution in [1.82, 2.24) is 19.9 Å². The number of aryl methyl sites for hydroxylation is 1. The van der Waals surface area contributed by atoms with Gasteiger partial charge in [-0.25, -0.2) is 0 Å². The van der Waals surface area contributed by atoms with Crippen LogP contribution in [0.15, 0.2) is 53.1 Å². The largest absolute Gasteiger partial charge is 0.379 e. The van der Waals surface area contributed by atoms with Crippen molar-refractivity contribution in [2.75, 3.05) is 33.4 Å². The highest BCUT2D eigenvalue weighted by molar-refractivity contribution is 5.94. The van der Waals surface area contributed by atoms with Crippen LogP contribution in [0.25, 0.3) is 11.4 Å². The summed E-state index contributed by atoms with van der Waals surface area (Å²) in [7, 11) is 1.74. The van der Waals surface area contributed by atoms with Crippen molar-refractivity contribution in [3.8, 4) is 11.4 Å². The predicted molar refractivity (Wildman–Crippen MR) is 113 cm³/mol. The summed E-state index contributed by atoms with van der Waals surface area (Å²) in [5.74, 6) is 0.859. The lowest BCUT2D eigenvalue weighted by molar-refractivity contribution is 0.0341. The van der Waals surface area contributed by atoms with Crippen LogP contribution in [-0.2, 0) is 17.8 Å². The van der Waals surface area contributed by atoms with Gasteiger partial charge in [-0.05, 0) is 24.6 Å². The van der Waals surface area contributed by atoms with Gasteiger partial charge in [-0.2, -0.15) is 4.98 Å². The number of aromatic nitrogens is 2. The molecule has 2 aromatic carbocycles. The van der Waals surface area contributed by atoms with Gasteiger partial charge in [0.25, 0.3) is 5.91 Å². The van der Waals surface area contributed by atoms with Gasteiger partial charge >= 0.3 is 0 Å². The molecule has 1 fully saturated rings. The van der Waals surface area contributed by atoms with Crippen LogP contribution in [0.5, 0.6) is 0 Å². The minimum absolute atomic E-state index is 0.0751. The van der Waals surface area contributed by atoms with Gasteiger partial charge in [0, 0.05) is 37.8 Å². The number of hydrogen-bond donors (Lipinski definition) is 0. The smallest absolute Gasteiger partial charge is 0.254 e. The Balaban J connectivity index is 1.40. The van der Waals surface area contributed by atoms with Gasteiger partial charge in [-0.3, -0.25) is 9.69 Å². The number of carbonyl (C=O) groups is 1. The maximum absolute atomic E-state index is 12.9. The molecule has 0 saturated carbocycles. The molecule has 1 saturated heterocycles. The highest BCUT2D eigenvalue weighted by Gasteiger charge is 2.17. The maximum atomic E-state index is 12.9. The van der Waals surface area contributed by atoms with Crippen molar-refractivity contribution in [1.29, 1.82) is 0 Å². The zero-order valence-corrected chi connectivity index (χ0v) is 17.4. The topological polar surface area (TPSA) is 71.7 Å². The lowest BCUT2D eigenvalue weighted by Crippen LogP contribution is -2.35. The Bertz CT molecular complexity index is 994. The molecule has 3 aromatic rings. The van der Waals surface area contributed by atoms with E-state index in [-0.39, 0.29) is 12.5 Å². The summed E-state index contributed by atoms with van der Waals surface area (Å²) >= 11 is 0. The van der Waals surface area contributed by atoms with E-state index in [0.29, 0.717) is 17.3 Å². The molecule has 1 aromatic heterocycles. The zero-order chi connectivity index (χ0) is 20.9.